The molecule has 0 aliphatic heterocycles. The van der Waals surface area contributed by atoms with Gasteiger partial charge in [0.05, 0.1) is 11.6 Å². The van der Waals surface area contributed by atoms with E-state index in [4.69, 9.17) is 0 Å². The summed E-state index contributed by atoms with van der Waals surface area (Å²) in [6, 6.07) is 10.8. The van der Waals surface area contributed by atoms with Crippen LogP contribution in [0.4, 0.5) is 5.69 Å². The highest BCUT2D eigenvalue weighted by Gasteiger charge is 2.48. The number of para-hydroxylation sites is 1. The number of rotatable bonds is 5. The van der Waals surface area contributed by atoms with Crippen LogP contribution in [-0.4, -0.2) is 23.3 Å². The zero-order valence-electron chi connectivity index (χ0n) is 11.6. The van der Waals surface area contributed by atoms with Gasteiger partial charge in [-0.2, -0.15) is 0 Å². The fraction of sp³-hybridized carbons (Fsp3) is 0.529. The summed E-state index contributed by atoms with van der Waals surface area (Å²) in [6.07, 6.45) is 8.39. The van der Waals surface area contributed by atoms with Crippen LogP contribution in [-0.2, 0) is 0 Å². The van der Waals surface area contributed by atoms with E-state index in [2.05, 4.69) is 54.3 Å². The van der Waals surface area contributed by atoms with E-state index in [0.29, 0.717) is 5.92 Å². The molecule has 0 radical (unpaired) electrons. The predicted molar refractivity (Wildman–Crippen MR) is 79.3 cm³/mol. The average Bonchev–Trinajstić information content (AvgIpc) is 3.18. The first-order valence-corrected chi connectivity index (χ1v) is 7.43. The minimum Gasteiger partial charge on any atom is -0.387 e. The molecule has 1 N–H and O–H groups in total. The van der Waals surface area contributed by atoms with Crippen LogP contribution in [0.1, 0.15) is 32.6 Å². The Labute approximate surface area is 115 Å². The number of benzene rings is 1. The number of hydrogen-bond donors (Lipinski definition) is 1. The molecule has 0 unspecified atom stereocenters. The molecular formula is C17H23NO. The summed E-state index contributed by atoms with van der Waals surface area (Å²) in [5, 5.41) is 11.0. The number of likely N-dealkylation sites (N-methyl/N-ethyl adjacent to an activating group) is 1. The van der Waals surface area contributed by atoms with Crippen LogP contribution in [0.5, 0.6) is 0 Å². The molecule has 1 saturated carbocycles. The molecule has 0 aromatic heterocycles. The van der Waals surface area contributed by atoms with Crippen molar-refractivity contribution in [1.82, 2.24) is 0 Å². The molecular weight excluding hydrogens is 234 g/mol. The van der Waals surface area contributed by atoms with Crippen LogP contribution in [0.15, 0.2) is 42.5 Å². The van der Waals surface area contributed by atoms with Crippen LogP contribution in [0.2, 0.25) is 0 Å². The highest BCUT2D eigenvalue weighted by atomic mass is 16.3. The molecule has 2 heteroatoms. The maximum atomic E-state index is 11.0. The van der Waals surface area contributed by atoms with E-state index in [1.54, 1.807) is 0 Å². The molecule has 1 fully saturated rings. The van der Waals surface area contributed by atoms with Crippen molar-refractivity contribution in [2.24, 2.45) is 5.92 Å². The molecule has 0 spiro atoms. The van der Waals surface area contributed by atoms with Crippen LogP contribution in [0.25, 0.3) is 0 Å². The summed E-state index contributed by atoms with van der Waals surface area (Å²) < 4.78 is 0. The molecule has 19 heavy (non-hydrogen) atoms. The Bertz CT molecular complexity index is 442. The van der Waals surface area contributed by atoms with E-state index in [9.17, 15) is 5.11 Å². The van der Waals surface area contributed by atoms with Crippen LogP contribution in [0.3, 0.4) is 0 Å². The van der Waals surface area contributed by atoms with Gasteiger partial charge in [0.1, 0.15) is 0 Å². The van der Waals surface area contributed by atoms with Gasteiger partial charge in [0, 0.05) is 12.2 Å². The monoisotopic (exact) mass is 257 g/mol. The Balaban J connectivity index is 1.90. The van der Waals surface area contributed by atoms with Gasteiger partial charge in [0.2, 0.25) is 0 Å². The highest BCUT2D eigenvalue weighted by Crippen LogP contribution is 2.45. The van der Waals surface area contributed by atoms with Crippen LogP contribution >= 0.6 is 0 Å². The molecule has 2 aliphatic carbocycles. The first-order valence-electron chi connectivity index (χ1n) is 7.43. The molecule has 2 aliphatic rings. The second-order valence-electron chi connectivity index (χ2n) is 5.89. The van der Waals surface area contributed by atoms with Crippen molar-refractivity contribution >= 4 is 5.69 Å². The van der Waals surface area contributed by atoms with Gasteiger partial charge in [0.15, 0.2) is 0 Å². The van der Waals surface area contributed by atoms with Gasteiger partial charge >= 0.3 is 0 Å². The van der Waals surface area contributed by atoms with Gasteiger partial charge in [-0.1, -0.05) is 30.4 Å². The third-order valence-corrected chi connectivity index (χ3v) is 4.49. The maximum absolute atomic E-state index is 11.0. The lowest BCUT2D eigenvalue weighted by molar-refractivity contribution is 0.0168. The number of nitrogens with zero attached hydrogens (tertiary/aromatic N) is 1. The predicted octanol–water partition coefficient (Wildman–Crippen LogP) is 3.37. The number of anilines is 1. The third kappa shape index (κ3) is 2.42. The molecule has 2 nitrogen and oxygen atoms in total. The Morgan fingerprint density at radius 1 is 1.21 bits per heavy atom. The maximum Gasteiger partial charge on any atom is 0.0920 e. The number of aliphatic hydroxyl groups is 1. The van der Waals surface area contributed by atoms with E-state index in [1.165, 1.54) is 18.5 Å². The standard InChI is InChI=1S/C17H23NO/c1-2-18(15-8-4-3-5-9-15)16(14-10-11-14)17(19)12-6-7-13-17/h3-9,14,16,19H,2,10-13H2,1H3/t16-/m1/s1. The summed E-state index contributed by atoms with van der Waals surface area (Å²) >= 11 is 0. The molecule has 0 saturated heterocycles. The van der Waals surface area contributed by atoms with Crippen molar-refractivity contribution in [3.8, 4) is 0 Å². The molecule has 0 amide bonds. The number of hydrogen-bond acceptors (Lipinski definition) is 2. The highest BCUT2D eigenvalue weighted by molar-refractivity contribution is 5.48. The molecule has 1 atom stereocenters. The fourth-order valence-electron chi connectivity index (χ4n) is 3.45. The second kappa shape index (κ2) is 5.01. The second-order valence-corrected chi connectivity index (χ2v) is 5.89. The van der Waals surface area contributed by atoms with Gasteiger partial charge < -0.3 is 10.0 Å². The van der Waals surface area contributed by atoms with Gasteiger partial charge in [-0.15, -0.1) is 0 Å². The van der Waals surface area contributed by atoms with Crippen molar-refractivity contribution in [3.63, 3.8) is 0 Å². The van der Waals surface area contributed by atoms with Gasteiger partial charge in [-0.25, -0.2) is 0 Å². The van der Waals surface area contributed by atoms with E-state index in [-0.39, 0.29) is 6.04 Å². The zero-order chi connectivity index (χ0) is 13.3. The van der Waals surface area contributed by atoms with Crippen molar-refractivity contribution in [2.45, 2.75) is 44.2 Å². The summed E-state index contributed by atoms with van der Waals surface area (Å²) in [5.74, 6) is 0.657. The first kappa shape index (κ1) is 12.7. The summed E-state index contributed by atoms with van der Waals surface area (Å²) in [4.78, 5) is 2.41. The van der Waals surface area contributed by atoms with Gasteiger partial charge in [0.25, 0.3) is 0 Å². The smallest absolute Gasteiger partial charge is 0.0920 e. The molecule has 102 valence electrons. The summed E-state index contributed by atoms with van der Waals surface area (Å²) in [5.41, 5.74) is 0.676. The van der Waals surface area contributed by atoms with Crippen molar-refractivity contribution in [3.05, 3.63) is 42.5 Å². The first-order chi connectivity index (χ1) is 9.24. The average molecular weight is 257 g/mol. The summed E-state index contributed by atoms with van der Waals surface area (Å²) in [7, 11) is 0. The molecule has 0 bridgehead atoms. The molecule has 1 aromatic rings. The van der Waals surface area contributed by atoms with E-state index < -0.39 is 5.60 Å². The molecule has 1 aromatic carbocycles. The Morgan fingerprint density at radius 3 is 2.37 bits per heavy atom. The quantitative estimate of drug-likeness (QED) is 0.817. The normalized spacial score (nSPS) is 22.4. The van der Waals surface area contributed by atoms with Gasteiger partial charge in [-0.3, -0.25) is 0 Å². The Hall–Kier alpha value is -1.28. The van der Waals surface area contributed by atoms with E-state index >= 15 is 0 Å². The minimum absolute atomic E-state index is 0.259. The lowest BCUT2D eigenvalue weighted by atomic mass is 9.86. The topological polar surface area (TPSA) is 23.5 Å². The Kier molecular flexibility index (Phi) is 3.36. The van der Waals surface area contributed by atoms with Crippen molar-refractivity contribution in [2.75, 3.05) is 11.4 Å². The Morgan fingerprint density at radius 2 is 1.84 bits per heavy atom. The largest absolute Gasteiger partial charge is 0.387 e. The van der Waals surface area contributed by atoms with Crippen molar-refractivity contribution < 1.29 is 5.11 Å². The fourth-order valence-corrected chi connectivity index (χ4v) is 3.45. The van der Waals surface area contributed by atoms with Crippen LogP contribution < -0.4 is 4.90 Å². The zero-order valence-corrected chi connectivity index (χ0v) is 11.6. The van der Waals surface area contributed by atoms with Crippen LogP contribution in [0, 0.1) is 5.92 Å². The van der Waals surface area contributed by atoms with Crippen molar-refractivity contribution in [1.29, 1.82) is 0 Å². The van der Waals surface area contributed by atoms with E-state index in [1.807, 2.05) is 0 Å². The minimum atomic E-state index is -0.562. The lowest BCUT2D eigenvalue weighted by Crippen LogP contribution is -2.53. The SMILES string of the molecule is CCN(c1ccccc1)[C@H](C1CC1)C1(O)CC=CC1. The van der Waals surface area contributed by atoms with E-state index in [0.717, 1.165) is 19.4 Å². The third-order valence-electron chi connectivity index (χ3n) is 4.49. The summed E-state index contributed by atoms with van der Waals surface area (Å²) in [6.45, 7) is 3.14. The molecule has 3 rings (SSSR count). The lowest BCUT2D eigenvalue weighted by Gasteiger charge is -2.42. The molecule has 0 heterocycles. The van der Waals surface area contributed by atoms with Gasteiger partial charge in [-0.05, 0) is 50.7 Å².